The Morgan fingerprint density at radius 3 is 0.704 bits per heavy atom. The second-order valence-corrected chi connectivity index (χ2v) is 39.9. The van der Waals surface area contributed by atoms with Gasteiger partial charge in [0.25, 0.3) is 0 Å². The summed E-state index contributed by atoms with van der Waals surface area (Å²) in [4.78, 5) is 10.7. The van der Waals surface area contributed by atoms with Gasteiger partial charge in [0.1, 0.15) is 0 Å². The van der Waals surface area contributed by atoms with E-state index in [2.05, 4.69) is 565 Å². The van der Waals surface area contributed by atoms with Crippen molar-refractivity contribution in [3.8, 4) is 89.5 Å². The molecule has 25 aromatic rings. The zero-order valence-corrected chi connectivity index (χ0v) is 79.8. The molecule has 27 rings (SSSR count). The number of benzene rings is 21. The molecular weight excluding hydrogens is 1720 g/mol. The Hall–Kier alpha value is -18.0. The number of hydrogen-bond acceptors (Lipinski definition) is 4. The Morgan fingerprint density at radius 1 is 0.169 bits per heavy atom. The molecule has 0 unspecified atom stereocenters. The van der Waals surface area contributed by atoms with Gasteiger partial charge in [0.15, 0.2) is 0 Å². The Bertz CT molecular complexity index is 8460. The average molecular weight is 1820 g/mol. The quantitative estimate of drug-likeness (QED) is 0.102. The molecule has 0 amide bonds. The maximum absolute atomic E-state index is 2.74. The molecule has 4 aromatic heterocycles. The van der Waals surface area contributed by atoms with Crippen molar-refractivity contribution in [3.63, 3.8) is 0 Å². The van der Waals surface area contributed by atoms with Gasteiger partial charge in [0.05, 0.1) is 101 Å². The maximum atomic E-state index is 2.74. The Labute approximate surface area is 825 Å². The van der Waals surface area contributed by atoms with Gasteiger partial charge >= 0.3 is 0 Å². The summed E-state index contributed by atoms with van der Waals surface area (Å²) in [5.41, 5.74) is 39.9. The number of hydrogen-bond donors (Lipinski definition) is 0. The van der Waals surface area contributed by atoms with E-state index in [4.69, 9.17) is 0 Å². The topological polar surface area (TPSA) is 32.7 Å². The first kappa shape index (κ1) is 83.4. The van der Waals surface area contributed by atoms with E-state index in [0.29, 0.717) is 0 Å². The number of anilines is 12. The van der Waals surface area contributed by atoms with E-state index in [0.717, 1.165) is 223 Å². The van der Waals surface area contributed by atoms with E-state index in [1.165, 1.54) is 32.7 Å². The zero-order valence-electron chi connectivity index (χ0n) is 79.8. The smallest absolute Gasteiger partial charge is 0.0949 e. The predicted octanol–water partition coefficient (Wildman–Crippen LogP) is 37.2. The van der Waals surface area contributed by atoms with E-state index in [1.54, 1.807) is 0 Å². The summed E-state index contributed by atoms with van der Waals surface area (Å²) in [5, 5.41) is 9.27. The normalized spacial score (nSPS) is 12.5. The third kappa shape index (κ3) is 13.2. The third-order valence-corrected chi connectivity index (χ3v) is 29.6. The van der Waals surface area contributed by atoms with Gasteiger partial charge < -0.3 is 37.9 Å². The second-order valence-electron chi connectivity index (χ2n) is 39.9. The highest BCUT2D eigenvalue weighted by Crippen LogP contribution is 2.69. The molecule has 2 aliphatic heterocycles. The van der Waals surface area contributed by atoms with E-state index < -0.39 is 0 Å². The number of rotatable bonds is 15. The van der Waals surface area contributed by atoms with Crippen molar-refractivity contribution in [1.82, 2.24) is 18.3 Å². The molecule has 0 fully saturated rings. The third-order valence-electron chi connectivity index (χ3n) is 29.6. The molecule has 2 aliphatic rings. The van der Waals surface area contributed by atoms with Crippen LogP contribution in [0.3, 0.4) is 0 Å². The molecule has 0 N–H and O–H groups in total. The molecule has 21 aromatic carbocycles. The van der Waals surface area contributed by atoms with Gasteiger partial charge in [0.2, 0.25) is 0 Å². The molecule has 0 bridgehead atoms. The van der Waals surface area contributed by atoms with Crippen molar-refractivity contribution < 1.29 is 0 Å². The van der Waals surface area contributed by atoms with Crippen LogP contribution in [-0.4, -0.2) is 18.3 Å². The van der Waals surface area contributed by atoms with Gasteiger partial charge in [-0.05, 0) is 178 Å². The first-order chi connectivity index (χ1) is 69.8. The highest BCUT2D eigenvalue weighted by atomic mass is 15.3. The lowest BCUT2D eigenvalue weighted by atomic mass is 9.86. The predicted molar refractivity (Wildman–Crippen MR) is 600 cm³/mol. The highest BCUT2D eigenvalue weighted by Gasteiger charge is 2.45. The Balaban J connectivity index is 0.868. The fraction of sp³-hybridized carbons (Fsp3) is 0.0597. The van der Waals surface area contributed by atoms with E-state index >= 15 is 0 Å². The van der Waals surface area contributed by atoms with Gasteiger partial charge in [-0.25, -0.2) is 0 Å². The number of aromatic nitrogens is 4. The molecule has 142 heavy (non-hydrogen) atoms. The number of fused-ring (bicyclic) bond motifs is 16. The van der Waals surface area contributed by atoms with Crippen molar-refractivity contribution in [1.29, 1.82) is 0 Å². The SMILES string of the molecule is CC(C)(C)c1ccc(N(c2ccc(C(C)(C)C)cc2)c2cc3c4c(c2)N(c2c(-c5cccc6c7ccccc7n(-c7ccccc7)c56)cccc2-c2cccc5c6ccccc6n(-c6ccccc6)c25)c2cc(-c5ccccc5)ccc2N4c2ccc(-c4ccccc4)cc2N3c2c(-c3cccc4c5ccccc5n(-c5ccccc5)c34)cccc2-c2cccc3c4ccccc4n(-c4ccccc4)c23)cc1. The van der Waals surface area contributed by atoms with Gasteiger partial charge in [-0.1, -0.05) is 393 Å². The van der Waals surface area contributed by atoms with Crippen LogP contribution in [0.15, 0.2) is 485 Å². The van der Waals surface area contributed by atoms with Crippen LogP contribution in [0.1, 0.15) is 52.7 Å². The van der Waals surface area contributed by atoms with Crippen LogP contribution in [0.2, 0.25) is 0 Å². The fourth-order valence-corrected chi connectivity index (χ4v) is 23.2. The van der Waals surface area contributed by atoms with Crippen LogP contribution < -0.4 is 19.6 Å². The van der Waals surface area contributed by atoms with E-state index in [9.17, 15) is 0 Å². The minimum Gasteiger partial charge on any atom is -0.310 e. The van der Waals surface area contributed by atoms with Crippen molar-refractivity contribution in [2.75, 3.05) is 19.6 Å². The van der Waals surface area contributed by atoms with Crippen LogP contribution in [-0.2, 0) is 10.8 Å². The fourth-order valence-electron chi connectivity index (χ4n) is 23.2. The average Bonchev–Trinajstić information content (AvgIpc) is 0.962. The van der Waals surface area contributed by atoms with E-state index in [1.807, 2.05) is 0 Å². The van der Waals surface area contributed by atoms with Gasteiger partial charge in [-0.2, -0.15) is 0 Å². The van der Waals surface area contributed by atoms with Gasteiger partial charge in [-0.15, -0.1) is 0 Å². The van der Waals surface area contributed by atoms with Crippen LogP contribution in [0.5, 0.6) is 0 Å². The summed E-state index contributed by atoms with van der Waals surface area (Å²) >= 11 is 0. The molecule has 8 nitrogen and oxygen atoms in total. The lowest BCUT2D eigenvalue weighted by Crippen LogP contribution is -2.31. The first-order valence-corrected chi connectivity index (χ1v) is 49.4. The monoisotopic (exact) mass is 1820 g/mol. The summed E-state index contributed by atoms with van der Waals surface area (Å²) in [6.45, 7) is 13.9. The Morgan fingerprint density at radius 2 is 0.415 bits per heavy atom. The number of para-hydroxylation sites is 14. The van der Waals surface area contributed by atoms with Crippen molar-refractivity contribution in [2.45, 2.75) is 52.4 Å². The van der Waals surface area contributed by atoms with Crippen LogP contribution in [0.25, 0.3) is 177 Å². The lowest BCUT2D eigenvalue weighted by Gasteiger charge is -2.49. The summed E-state index contributed by atoms with van der Waals surface area (Å²) < 4.78 is 10.1. The summed E-state index contributed by atoms with van der Waals surface area (Å²) in [6, 6.07) is 183. The molecule has 8 heteroatoms. The lowest BCUT2D eigenvalue weighted by molar-refractivity contribution is 0.590. The van der Waals surface area contributed by atoms with Crippen LogP contribution in [0.4, 0.5) is 68.2 Å². The zero-order chi connectivity index (χ0) is 94.7. The molecule has 0 spiro atoms. The molecular formula is C134H98N8. The van der Waals surface area contributed by atoms with Crippen molar-refractivity contribution in [2.24, 2.45) is 0 Å². The summed E-state index contributed by atoms with van der Waals surface area (Å²) in [5.74, 6) is 0. The molecule has 0 radical (unpaired) electrons. The van der Waals surface area contributed by atoms with E-state index in [-0.39, 0.29) is 10.8 Å². The van der Waals surface area contributed by atoms with Crippen LogP contribution >= 0.6 is 0 Å². The van der Waals surface area contributed by atoms with Gasteiger partial charge in [-0.3, -0.25) is 0 Å². The standard InChI is InChI=1S/C134H98N8/c1-133(2,3)91-73-77-97(78-74-91)135(98-79-75-92(76-80-98)134(4,5)6)99-85-124-132-125(86-99)142(131-114(110-61-35-57-106-102-53-27-31-69-118(102)138(128(106)110)95-47-21-11-22-48-95)65-38-66-115(131)111-62-36-58-107-103-54-28-32-70-119(103)139(129(107)111)96-49-23-12-24-50-96)123-84-90(88-41-15-8-16-42-88)72-82-121(123)140(132)120-81-71-89(87-39-13-7-14-40-87)83-122(120)141(124)130-112(108-59-33-55-104-100-51-25-29-67-116(100)136(126(104)108)93-43-17-9-18-44-93)63-37-64-113(130)109-60-34-56-105-101-52-26-30-68-117(101)137(127(105)109)94-45-19-10-20-46-94/h7-86H,1-6H3. The van der Waals surface area contributed by atoms with Crippen molar-refractivity contribution >= 4 is 155 Å². The summed E-state index contributed by atoms with van der Waals surface area (Å²) in [7, 11) is 0. The van der Waals surface area contributed by atoms with Crippen LogP contribution in [0, 0.1) is 0 Å². The largest absolute Gasteiger partial charge is 0.310 e. The number of nitrogens with zero attached hydrogens (tertiary/aromatic N) is 8. The molecule has 0 saturated heterocycles. The minimum absolute atomic E-state index is 0.161. The highest BCUT2D eigenvalue weighted by molar-refractivity contribution is 6.25. The Kier molecular flexibility index (Phi) is 19.3. The molecule has 674 valence electrons. The molecule has 0 aliphatic carbocycles. The minimum atomic E-state index is -0.161. The summed E-state index contributed by atoms with van der Waals surface area (Å²) in [6.07, 6.45) is 0. The maximum Gasteiger partial charge on any atom is 0.0949 e. The molecule has 6 heterocycles. The van der Waals surface area contributed by atoms with Gasteiger partial charge in [0, 0.05) is 122 Å². The molecule has 0 atom stereocenters. The second kappa shape index (κ2) is 32.9. The first-order valence-electron chi connectivity index (χ1n) is 49.4. The molecule has 0 saturated carbocycles. The van der Waals surface area contributed by atoms with Crippen molar-refractivity contribution in [3.05, 3.63) is 496 Å².